The first-order valence-electron chi connectivity index (χ1n) is 9.85. The number of hydrogen-bond donors (Lipinski definition) is 0. The molecule has 0 saturated heterocycles. The molecule has 0 aliphatic carbocycles. The minimum Gasteiger partial charge on any atom is -1.00 e. The Bertz CT molecular complexity index is 1180. The van der Waals surface area contributed by atoms with Crippen LogP contribution in [0.3, 0.4) is 0 Å². The van der Waals surface area contributed by atoms with Gasteiger partial charge in [-0.15, -0.1) is 11.3 Å². The molecule has 2 aromatic heterocycles. The number of fused-ring (bicyclic) bond motifs is 1. The number of halogens is 2. The van der Waals surface area contributed by atoms with Crippen molar-refractivity contribution < 1.29 is 12.4 Å². The molecule has 5 aromatic rings. The van der Waals surface area contributed by atoms with E-state index < -0.39 is 7.26 Å². The minimum absolute atomic E-state index is 0. The fraction of sp³-hybridized carbons (Fsp3) is 0.0385. The van der Waals surface area contributed by atoms with Crippen molar-refractivity contribution in [3.8, 4) is 0 Å². The molecule has 0 fully saturated rings. The lowest BCUT2D eigenvalue weighted by atomic mass is 10.3. The van der Waals surface area contributed by atoms with E-state index in [1.54, 1.807) is 11.3 Å². The number of hydrogen-bond acceptors (Lipinski definition) is 2. The molecule has 31 heavy (non-hydrogen) atoms. The number of pyridine rings is 1. The Balaban J connectivity index is 0.00000231. The molecule has 0 aliphatic rings. The standard InChI is InChI=1S/C26H20BrNPS.ClH/c27-24-19-30-25-17-16-20(28-26(24)25)18-29(21-10-4-1-5-11-21,22-12-6-2-7-13-22)23-14-8-3-9-15-23;/h1-17,19H,18H2;1H/q+1;/p-1. The molecular weight excluding hydrogens is 505 g/mol. The third-order valence-corrected chi connectivity index (χ3v) is 11.6. The van der Waals surface area contributed by atoms with Gasteiger partial charge in [0.15, 0.2) is 0 Å². The Kier molecular flexibility index (Phi) is 6.89. The molecule has 0 N–H and O–H groups in total. The highest BCUT2D eigenvalue weighted by atomic mass is 79.9. The van der Waals surface area contributed by atoms with E-state index in [1.807, 2.05) is 0 Å². The molecule has 0 saturated carbocycles. The molecule has 154 valence electrons. The summed E-state index contributed by atoms with van der Waals surface area (Å²) in [7, 11) is -1.92. The van der Waals surface area contributed by atoms with Crippen molar-refractivity contribution in [2.24, 2.45) is 0 Å². The number of aromatic nitrogens is 1. The molecule has 0 amide bonds. The monoisotopic (exact) mass is 523 g/mol. The van der Waals surface area contributed by atoms with Gasteiger partial charge in [0.2, 0.25) is 0 Å². The van der Waals surface area contributed by atoms with E-state index in [9.17, 15) is 0 Å². The zero-order valence-corrected chi connectivity index (χ0v) is 20.7. The number of nitrogens with zero attached hydrogens (tertiary/aromatic N) is 1. The van der Waals surface area contributed by atoms with Crippen molar-refractivity contribution in [3.63, 3.8) is 0 Å². The quantitative estimate of drug-likeness (QED) is 0.321. The number of rotatable bonds is 5. The Morgan fingerprint density at radius 1 is 0.677 bits per heavy atom. The summed E-state index contributed by atoms with van der Waals surface area (Å²) in [5, 5.41) is 6.27. The minimum atomic E-state index is -1.92. The second kappa shape index (κ2) is 9.63. The van der Waals surface area contributed by atoms with Crippen LogP contribution in [0.5, 0.6) is 0 Å². The Labute approximate surface area is 202 Å². The topological polar surface area (TPSA) is 12.9 Å². The van der Waals surface area contributed by atoms with Crippen molar-refractivity contribution in [2.45, 2.75) is 6.16 Å². The second-order valence-electron chi connectivity index (χ2n) is 7.21. The van der Waals surface area contributed by atoms with Crippen molar-refractivity contribution in [1.29, 1.82) is 0 Å². The normalized spacial score (nSPS) is 11.3. The van der Waals surface area contributed by atoms with Gasteiger partial charge in [-0.3, -0.25) is 0 Å². The number of benzene rings is 3. The van der Waals surface area contributed by atoms with Crippen LogP contribution < -0.4 is 28.3 Å². The lowest BCUT2D eigenvalue weighted by Gasteiger charge is -2.27. The predicted octanol–water partition coefficient (Wildman–Crippen LogP) is 3.56. The van der Waals surface area contributed by atoms with Crippen LogP contribution in [0, 0.1) is 0 Å². The van der Waals surface area contributed by atoms with E-state index in [0.29, 0.717) is 0 Å². The summed E-state index contributed by atoms with van der Waals surface area (Å²) in [6, 6.07) is 37.3. The van der Waals surface area contributed by atoms with Crippen LogP contribution in [-0.4, -0.2) is 4.98 Å². The molecule has 0 aliphatic heterocycles. The van der Waals surface area contributed by atoms with Crippen molar-refractivity contribution in [3.05, 3.63) is 119 Å². The maximum absolute atomic E-state index is 5.09. The second-order valence-corrected chi connectivity index (χ2v) is 12.5. The van der Waals surface area contributed by atoms with Gasteiger partial charge < -0.3 is 12.4 Å². The van der Waals surface area contributed by atoms with Crippen LogP contribution >= 0.6 is 34.5 Å². The molecule has 1 nitrogen and oxygen atoms in total. The fourth-order valence-corrected chi connectivity index (χ4v) is 9.64. The van der Waals surface area contributed by atoms with Gasteiger partial charge in [-0.2, -0.15) is 0 Å². The molecule has 0 atom stereocenters. The molecule has 0 bridgehead atoms. The summed E-state index contributed by atoms with van der Waals surface area (Å²) >= 11 is 5.40. The summed E-state index contributed by atoms with van der Waals surface area (Å²) in [6.07, 6.45) is 0.892. The van der Waals surface area contributed by atoms with Crippen LogP contribution in [-0.2, 0) is 6.16 Å². The summed E-state index contributed by atoms with van der Waals surface area (Å²) in [6.45, 7) is 0. The molecule has 0 spiro atoms. The van der Waals surface area contributed by atoms with Crippen molar-refractivity contribution >= 4 is 60.7 Å². The van der Waals surface area contributed by atoms with Gasteiger partial charge in [0.25, 0.3) is 0 Å². The van der Waals surface area contributed by atoms with E-state index in [4.69, 9.17) is 4.98 Å². The molecule has 2 heterocycles. The summed E-state index contributed by atoms with van der Waals surface area (Å²) < 4.78 is 2.29. The van der Waals surface area contributed by atoms with Gasteiger partial charge in [0.1, 0.15) is 29.3 Å². The largest absolute Gasteiger partial charge is 1.00 e. The zero-order chi connectivity index (χ0) is 20.4. The Hall–Kier alpha value is -2.03. The molecule has 0 unspecified atom stereocenters. The zero-order valence-electron chi connectivity index (χ0n) is 16.7. The third-order valence-electron chi connectivity index (χ3n) is 5.42. The van der Waals surface area contributed by atoms with E-state index in [2.05, 4.69) is 124 Å². The van der Waals surface area contributed by atoms with Gasteiger partial charge in [-0.1, -0.05) is 54.6 Å². The summed E-state index contributed by atoms with van der Waals surface area (Å²) in [5.41, 5.74) is 2.19. The van der Waals surface area contributed by atoms with Gasteiger partial charge >= 0.3 is 0 Å². The van der Waals surface area contributed by atoms with Crippen LogP contribution in [0.1, 0.15) is 5.69 Å². The summed E-state index contributed by atoms with van der Waals surface area (Å²) in [5.74, 6) is 0. The van der Waals surface area contributed by atoms with Gasteiger partial charge in [0, 0.05) is 5.38 Å². The highest BCUT2D eigenvalue weighted by Crippen LogP contribution is 2.58. The molecule has 5 rings (SSSR count). The first kappa shape index (κ1) is 22.2. The highest BCUT2D eigenvalue weighted by Gasteiger charge is 2.45. The third kappa shape index (κ3) is 4.21. The average Bonchev–Trinajstić information content (AvgIpc) is 3.19. The first-order valence-corrected chi connectivity index (χ1v) is 13.5. The summed E-state index contributed by atoms with van der Waals surface area (Å²) in [4.78, 5) is 5.09. The SMILES string of the molecule is Brc1csc2ccc(C[P+](c3ccccc3)(c3ccccc3)c3ccccc3)nc12.[Cl-]. The van der Waals surface area contributed by atoms with Crippen LogP contribution in [0.15, 0.2) is 113 Å². The predicted molar refractivity (Wildman–Crippen MR) is 136 cm³/mol. The molecular formula is C26H20BrClNPS. The van der Waals surface area contributed by atoms with Gasteiger partial charge in [-0.05, 0) is 64.5 Å². The van der Waals surface area contributed by atoms with Crippen LogP contribution in [0.4, 0.5) is 0 Å². The van der Waals surface area contributed by atoms with E-state index in [1.165, 1.54) is 20.6 Å². The van der Waals surface area contributed by atoms with Crippen molar-refractivity contribution in [1.82, 2.24) is 4.98 Å². The van der Waals surface area contributed by atoms with Gasteiger partial charge in [0.05, 0.1) is 20.4 Å². The lowest BCUT2D eigenvalue weighted by molar-refractivity contribution is -0.00000566. The molecule has 0 radical (unpaired) electrons. The lowest BCUT2D eigenvalue weighted by Crippen LogP contribution is -3.00. The van der Waals surface area contributed by atoms with Crippen LogP contribution in [0.2, 0.25) is 0 Å². The number of thiophene rings is 1. The molecule has 3 aromatic carbocycles. The highest BCUT2D eigenvalue weighted by molar-refractivity contribution is 9.10. The fourth-order valence-electron chi connectivity index (χ4n) is 4.02. The maximum Gasteiger partial charge on any atom is 0.118 e. The van der Waals surface area contributed by atoms with Crippen LogP contribution in [0.25, 0.3) is 10.2 Å². The maximum atomic E-state index is 5.09. The Morgan fingerprint density at radius 2 is 1.16 bits per heavy atom. The van der Waals surface area contributed by atoms with E-state index >= 15 is 0 Å². The smallest absolute Gasteiger partial charge is 0.118 e. The van der Waals surface area contributed by atoms with E-state index in [-0.39, 0.29) is 12.4 Å². The van der Waals surface area contributed by atoms with Gasteiger partial charge in [-0.25, -0.2) is 4.98 Å². The molecule has 5 heteroatoms. The Morgan fingerprint density at radius 3 is 1.65 bits per heavy atom. The average molecular weight is 525 g/mol. The first-order chi connectivity index (χ1) is 14.8. The van der Waals surface area contributed by atoms with Crippen molar-refractivity contribution in [2.75, 3.05) is 0 Å². The van der Waals surface area contributed by atoms with E-state index in [0.717, 1.165) is 21.8 Å².